The molecule has 1 saturated carbocycles. The second-order valence-electron chi connectivity index (χ2n) is 7.68. The third-order valence-electron chi connectivity index (χ3n) is 5.89. The normalized spacial score (nSPS) is 24.0. The lowest BCUT2D eigenvalue weighted by Gasteiger charge is -2.48. The molecule has 0 amide bonds. The van der Waals surface area contributed by atoms with Crippen LogP contribution in [0.2, 0.25) is 0 Å². The molecular weight excluding hydrogens is 396 g/mol. The predicted octanol–water partition coefficient (Wildman–Crippen LogP) is 4.24. The minimum Gasteiger partial charge on any atom is -0.387 e. The zero-order valence-electron chi connectivity index (χ0n) is 15.9. The van der Waals surface area contributed by atoms with Gasteiger partial charge in [-0.15, -0.1) is 0 Å². The Morgan fingerprint density at radius 1 is 0.964 bits per heavy atom. The maximum Gasteiger partial charge on any atom is 0.177 e. The number of hydrogen-bond donors (Lipinski definition) is 1. The van der Waals surface area contributed by atoms with Gasteiger partial charge in [-0.3, -0.25) is 4.21 Å². The van der Waals surface area contributed by atoms with Crippen molar-refractivity contribution in [2.45, 2.75) is 53.1 Å². The van der Waals surface area contributed by atoms with Crippen molar-refractivity contribution in [1.82, 2.24) is 0 Å². The Morgan fingerprint density at radius 2 is 1.54 bits per heavy atom. The van der Waals surface area contributed by atoms with Gasteiger partial charge in [-0.1, -0.05) is 59.6 Å². The molecular formula is C22H25ClO4S. The van der Waals surface area contributed by atoms with Crippen molar-refractivity contribution in [2.24, 2.45) is 0 Å². The number of benzene rings is 2. The summed E-state index contributed by atoms with van der Waals surface area (Å²) < 4.78 is 23.9. The highest BCUT2D eigenvalue weighted by molar-refractivity contribution is 7.87. The van der Waals surface area contributed by atoms with Crippen LogP contribution in [-0.4, -0.2) is 33.9 Å². The molecule has 0 radical (unpaired) electrons. The van der Waals surface area contributed by atoms with Crippen LogP contribution >= 0.6 is 11.6 Å². The fourth-order valence-corrected chi connectivity index (χ4v) is 6.37. The molecule has 1 N–H and O–H groups in total. The van der Waals surface area contributed by atoms with Gasteiger partial charge in [-0.25, -0.2) is 0 Å². The molecule has 1 aliphatic heterocycles. The maximum atomic E-state index is 13.8. The minimum atomic E-state index is -1.66. The average molecular weight is 421 g/mol. The molecule has 2 aromatic carbocycles. The number of rotatable bonds is 4. The molecule has 0 aromatic heterocycles. The summed E-state index contributed by atoms with van der Waals surface area (Å²) in [7, 11) is -1.66. The number of ether oxygens (including phenoxy) is 2. The Morgan fingerprint density at radius 3 is 2.11 bits per heavy atom. The first-order valence-corrected chi connectivity index (χ1v) is 11.1. The summed E-state index contributed by atoms with van der Waals surface area (Å²) in [6, 6.07) is 16.7. The Labute approximate surface area is 173 Å². The van der Waals surface area contributed by atoms with E-state index >= 15 is 0 Å². The quantitative estimate of drug-likeness (QED) is 0.751. The lowest BCUT2D eigenvalue weighted by Crippen LogP contribution is -2.55. The minimum absolute atomic E-state index is 0.350. The molecule has 1 aliphatic carbocycles. The SMILES string of the molecule is Cc1ccc(S(=O)C(Cl)(c2ccccc2)C2(O)CCC3(CC2)OCCO3)cc1. The van der Waals surface area contributed by atoms with E-state index in [1.54, 1.807) is 0 Å². The zero-order chi connectivity index (χ0) is 19.8. The molecule has 28 heavy (non-hydrogen) atoms. The van der Waals surface area contributed by atoms with Gasteiger partial charge >= 0.3 is 0 Å². The van der Waals surface area contributed by atoms with Gasteiger partial charge in [0.25, 0.3) is 0 Å². The van der Waals surface area contributed by atoms with Crippen molar-refractivity contribution in [2.75, 3.05) is 13.2 Å². The molecule has 150 valence electrons. The molecule has 2 aromatic rings. The highest BCUT2D eigenvalue weighted by Crippen LogP contribution is 2.54. The molecule has 1 heterocycles. The van der Waals surface area contributed by atoms with E-state index in [0.717, 1.165) is 5.56 Å². The Kier molecular flexibility index (Phi) is 5.40. The van der Waals surface area contributed by atoms with Crippen molar-refractivity contribution in [1.29, 1.82) is 0 Å². The molecule has 2 fully saturated rings. The zero-order valence-corrected chi connectivity index (χ0v) is 17.5. The van der Waals surface area contributed by atoms with Crippen LogP contribution in [0.3, 0.4) is 0 Å². The summed E-state index contributed by atoms with van der Waals surface area (Å²) in [5, 5.41) is 11.7. The van der Waals surface area contributed by atoms with Gasteiger partial charge in [-0.05, 0) is 37.5 Å². The van der Waals surface area contributed by atoms with Crippen LogP contribution in [0.1, 0.15) is 36.8 Å². The third-order valence-corrected chi connectivity index (χ3v) is 8.70. The number of alkyl halides is 1. The highest BCUT2D eigenvalue weighted by Gasteiger charge is 2.59. The van der Waals surface area contributed by atoms with E-state index in [0.29, 0.717) is 49.4 Å². The fraction of sp³-hybridized carbons (Fsp3) is 0.455. The third kappa shape index (κ3) is 3.33. The Balaban J connectivity index is 1.73. The molecule has 1 saturated heterocycles. The highest BCUT2D eigenvalue weighted by atomic mass is 35.5. The average Bonchev–Trinajstić information content (AvgIpc) is 3.19. The lowest BCUT2D eigenvalue weighted by molar-refractivity contribution is -0.204. The van der Waals surface area contributed by atoms with E-state index in [1.165, 1.54) is 0 Å². The van der Waals surface area contributed by atoms with Crippen molar-refractivity contribution in [3.63, 3.8) is 0 Å². The smallest absolute Gasteiger partial charge is 0.177 e. The number of halogens is 1. The van der Waals surface area contributed by atoms with Gasteiger partial charge in [0.1, 0.15) is 5.60 Å². The van der Waals surface area contributed by atoms with E-state index in [9.17, 15) is 9.32 Å². The van der Waals surface area contributed by atoms with Gasteiger partial charge in [0.2, 0.25) is 0 Å². The van der Waals surface area contributed by atoms with Crippen molar-refractivity contribution in [3.8, 4) is 0 Å². The van der Waals surface area contributed by atoms with Crippen molar-refractivity contribution >= 4 is 22.4 Å². The van der Waals surface area contributed by atoms with E-state index in [4.69, 9.17) is 21.1 Å². The van der Waals surface area contributed by atoms with Crippen molar-refractivity contribution < 1.29 is 18.8 Å². The second kappa shape index (κ2) is 7.54. The topological polar surface area (TPSA) is 55.8 Å². The summed E-state index contributed by atoms with van der Waals surface area (Å²) in [5.74, 6) is -0.633. The van der Waals surface area contributed by atoms with Crippen LogP contribution in [0.4, 0.5) is 0 Å². The van der Waals surface area contributed by atoms with E-state index in [2.05, 4.69) is 0 Å². The summed E-state index contributed by atoms with van der Waals surface area (Å²) in [4.78, 5) is 0.603. The van der Waals surface area contributed by atoms with Gasteiger partial charge in [0, 0.05) is 17.7 Å². The van der Waals surface area contributed by atoms with Gasteiger partial charge < -0.3 is 14.6 Å². The second-order valence-corrected chi connectivity index (χ2v) is 10.1. The van der Waals surface area contributed by atoms with Gasteiger partial charge in [0.05, 0.1) is 24.0 Å². The fourth-order valence-electron chi connectivity index (χ4n) is 4.18. The van der Waals surface area contributed by atoms with Crippen LogP contribution in [0.15, 0.2) is 59.5 Å². The summed E-state index contributed by atoms with van der Waals surface area (Å²) in [6.45, 7) is 3.12. The van der Waals surface area contributed by atoms with E-state index in [1.807, 2.05) is 61.5 Å². The first kappa shape index (κ1) is 20.0. The van der Waals surface area contributed by atoms with Crippen LogP contribution in [0, 0.1) is 6.92 Å². The van der Waals surface area contributed by atoms with Crippen LogP contribution in [-0.2, 0) is 24.5 Å². The summed E-state index contributed by atoms with van der Waals surface area (Å²) >= 11 is 7.17. The predicted molar refractivity (Wildman–Crippen MR) is 110 cm³/mol. The molecule has 2 atom stereocenters. The molecule has 2 aliphatic rings. The first-order chi connectivity index (χ1) is 13.4. The van der Waals surface area contributed by atoms with Crippen molar-refractivity contribution in [3.05, 3.63) is 65.7 Å². The standard InChI is InChI=1S/C22H25ClO4S/c1-17-7-9-19(10-8-17)28(25)22(23,18-5-3-2-4-6-18)20(24)11-13-21(14-12-20)26-15-16-27-21/h2-10,24H,11-16H2,1H3. The number of aryl methyl sites for hydroxylation is 1. The summed E-state index contributed by atoms with van der Waals surface area (Å²) in [5.41, 5.74) is 0.378. The van der Waals surface area contributed by atoms with Gasteiger partial charge in [-0.2, -0.15) is 0 Å². The molecule has 1 spiro atoms. The maximum absolute atomic E-state index is 13.8. The van der Waals surface area contributed by atoms with E-state index < -0.39 is 26.4 Å². The monoisotopic (exact) mass is 420 g/mol. The number of hydrogen-bond acceptors (Lipinski definition) is 4. The molecule has 4 rings (SSSR count). The largest absolute Gasteiger partial charge is 0.387 e. The van der Waals surface area contributed by atoms with Gasteiger partial charge in [0.15, 0.2) is 9.99 Å². The number of aliphatic hydroxyl groups is 1. The molecule has 2 unspecified atom stereocenters. The van der Waals surface area contributed by atoms with Crippen LogP contribution in [0.5, 0.6) is 0 Å². The Bertz CT molecular complexity index is 839. The van der Waals surface area contributed by atoms with Crippen LogP contribution in [0.25, 0.3) is 0 Å². The Hall–Kier alpha value is -1.24. The molecule has 4 nitrogen and oxygen atoms in total. The van der Waals surface area contributed by atoms with Crippen LogP contribution < -0.4 is 0 Å². The molecule has 6 heteroatoms. The first-order valence-electron chi connectivity index (χ1n) is 9.62. The lowest BCUT2D eigenvalue weighted by atomic mass is 9.77. The molecule has 0 bridgehead atoms. The summed E-state index contributed by atoms with van der Waals surface area (Å²) in [6.07, 6.45) is 1.75. The van der Waals surface area contributed by atoms with E-state index in [-0.39, 0.29) is 0 Å².